The largest absolute Gasteiger partial charge is 0.435 e. The van der Waals surface area contributed by atoms with Crippen molar-refractivity contribution in [2.75, 3.05) is 6.54 Å². The maximum Gasteiger partial charge on any atom is 0.387 e. The standard InChI is InChI=1S/C13H15F2NO2/c1-2-3-4-8-16-12(17)10-6-5-7-11(9-10)18-13(14)15/h2-3,5-7,9,13H,4,8H2,1H3,(H,16,17)/b3-2+. The number of ether oxygens (including phenoxy) is 1. The van der Waals surface area contributed by atoms with Gasteiger partial charge in [-0.3, -0.25) is 4.79 Å². The van der Waals surface area contributed by atoms with Crippen LogP contribution in [0.25, 0.3) is 0 Å². The number of hydrogen-bond acceptors (Lipinski definition) is 2. The lowest BCUT2D eigenvalue weighted by Gasteiger charge is -2.07. The van der Waals surface area contributed by atoms with E-state index in [4.69, 9.17) is 0 Å². The average Bonchev–Trinajstić information content (AvgIpc) is 2.34. The molecule has 0 aliphatic heterocycles. The summed E-state index contributed by atoms with van der Waals surface area (Å²) in [6, 6.07) is 5.71. The van der Waals surface area contributed by atoms with Crippen LogP contribution < -0.4 is 10.1 Å². The van der Waals surface area contributed by atoms with Gasteiger partial charge in [0.1, 0.15) is 5.75 Å². The van der Waals surface area contributed by atoms with E-state index in [1.165, 1.54) is 18.2 Å². The zero-order valence-corrected chi connectivity index (χ0v) is 10.0. The minimum absolute atomic E-state index is 0.0221. The molecular formula is C13H15F2NO2. The maximum atomic E-state index is 12.0. The van der Waals surface area contributed by atoms with Crippen LogP contribution in [0.3, 0.4) is 0 Å². The molecule has 0 unspecified atom stereocenters. The monoisotopic (exact) mass is 255 g/mol. The first-order valence-electron chi connectivity index (χ1n) is 5.57. The van der Waals surface area contributed by atoms with Crippen LogP contribution in [-0.4, -0.2) is 19.1 Å². The van der Waals surface area contributed by atoms with E-state index in [2.05, 4.69) is 10.1 Å². The molecule has 5 heteroatoms. The summed E-state index contributed by atoms with van der Waals surface area (Å²) in [4.78, 5) is 11.7. The Morgan fingerprint density at radius 1 is 1.50 bits per heavy atom. The SMILES string of the molecule is C/C=C/CCNC(=O)c1cccc(OC(F)F)c1. The number of allylic oxidation sites excluding steroid dienone is 1. The van der Waals surface area contributed by atoms with Crippen molar-refractivity contribution < 1.29 is 18.3 Å². The summed E-state index contributed by atoms with van der Waals surface area (Å²) in [5.41, 5.74) is 0.300. The molecule has 0 aliphatic rings. The van der Waals surface area contributed by atoms with Crippen molar-refractivity contribution in [3.63, 3.8) is 0 Å². The van der Waals surface area contributed by atoms with Gasteiger partial charge in [-0.2, -0.15) is 8.78 Å². The quantitative estimate of drug-likeness (QED) is 0.627. The molecule has 0 radical (unpaired) electrons. The van der Waals surface area contributed by atoms with Gasteiger partial charge >= 0.3 is 6.61 Å². The van der Waals surface area contributed by atoms with Crippen LogP contribution in [0, 0.1) is 0 Å². The van der Waals surface area contributed by atoms with Crippen molar-refractivity contribution in [3.8, 4) is 5.75 Å². The Morgan fingerprint density at radius 2 is 2.28 bits per heavy atom. The smallest absolute Gasteiger partial charge is 0.387 e. The van der Waals surface area contributed by atoms with Crippen LogP contribution in [0.4, 0.5) is 8.78 Å². The van der Waals surface area contributed by atoms with E-state index in [9.17, 15) is 13.6 Å². The van der Waals surface area contributed by atoms with E-state index in [-0.39, 0.29) is 11.7 Å². The van der Waals surface area contributed by atoms with E-state index in [0.29, 0.717) is 12.1 Å². The van der Waals surface area contributed by atoms with Gasteiger partial charge in [-0.25, -0.2) is 0 Å². The van der Waals surface area contributed by atoms with Gasteiger partial charge in [-0.05, 0) is 31.5 Å². The molecule has 18 heavy (non-hydrogen) atoms. The average molecular weight is 255 g/mol. The Hall–Kier alpha value is -1.91. The molecule has 1 rings (SSSR count). The lowest BCUT2D eigenvalue weighted by Crippen LogP contribution is -2.24. The van der Waals surface area contributed by atoms with E-state index in [0.717, 1.165) is 6.42 Å². The van der Waals surface area contributed by atoms with Gasteiger partial charge < -0.3 is 10.1 Å². The second-order valence-electron chi connectivity index (χ2n) is 3.52. The molecule has 0 aliphatic carbocycles. The predicted molar refractivity (Wildman–Crippen MR) is 64.8 cm³/mol. The van der Waals surface area contributed by atoms with Crippen molar-refractivity contribution >= 4 is 5.91 Å². The van der Waals surface area contributed by atoms with Crippen LogP contribution >= 0.6 is 0 Å². The Bertz CT molecular complexity index is 419. The third-order valence-corrected chi connectivity index (χ3v) is 2.15. The number of nitrogens with one attached hydrogen (secondary N) is 1. The van der Waals surface area contributed by atoms with Gasteiger partial charge in [-0.1, -0.05) is 18.2 Å². The Kier molecular flexibility index (Phi) is 5.84. The molecule has 98 valence electrons. The predicted octanol–water partition coefficient (Wildman–Crippen LogP) is 2.98. The van der Waals surface area contributed by atoms with Crippen LogP contribution in [0.2, 0.25) is 0 Å². The molecule has 0 heterocycles. The van der Waals surface area contributed by atoms with Gasteiger partial charge in [0.2, 0.25) is 0 Å². The zero-order chi connectivity index (χ0) is 13.4. The lowest BCUT2D eigenvalue weighted by atomic mass is 10.2. The summed E-state index contributed by atoms with van der Waals surface area (Å²) < 4.78 is 28.2. The summed E-state index contributed by atoms with van der Waals surface area (Å²) in [6.07, 6.45) is 4.55. The molecule has 0 bridgehead atoms. The third-order valence-electron chi connectivity index (χ3n) is 2.15. The lowest BCUT2D eigenvalue weighted by molar-refractivity contribution is -0.0498. The molecule has 1 amide bonds. The van der Waals surface area contributed by atoms with E-state index in [1.54, 1.807) is 6.07 Å². The van der Waals surface area contributed by atoms with Crippen LogP contribution in [-0.2, 0) is 0 Å². The van der Waals surface area contributed by atoms with Gasteiger partial charge in [0, 0.05) is 12.1 Å². The molecule has 0 saturated heterocycles. The molecule has 1 aromatic rings. The van der Waals surface area contributed by atoms with E-state index in [1.807, 2.05) is 19.1 Å². The molecule has 0 spiro atoms. The van der Waals surface area contributed by atoms with Gasteiger partial charge in [-0.15, -0.1) is 0 Å². The summed E-state index contributed by atoms with van der Waals surface area (Å²) in [5, 5.41) is 2.68. The number of alkyl halides is 2. The van der Waals surface area contributed by atoms with Gasteiger partial charge in [0.15, 0.2) is 0 Å². The number of carbonyl (C=O) groups excluding carboxylic acids is 1. The number of amides is 1. The normalized spacial score (nSPS) is 10.9. The zero-order valence-electron chi connectivity index (χ0n) is 10.0. The van der Waals surface area contributed by atoms with Crippen LogP contribution in [0.15, 0.2) is 36.4 Å². The van der Waals surface area contributed by atoms with Crippen molar-refractivity contribution in [3.05, 3.63) is 42.0 Å². The summed E-state index contributed by atoms with van der Waals surface area (Å²) in [5.74, 6) is -0.328. The second-order valence-corrected chi connectivity index (χ2v) is 3.52. The molecule has 0 aromatic heterocycles. The highest BCUT2D eigenvalue weighted by molar-refractivity contribution is 5.94. The fourth-order valence-electron chi connectivity index (χ4n) is 1.35. The van der Waals surface area contributed by atoms with E-state index >= 15 is 0 Å². The first kappa shape index (κ1) is 14.2. The van der Waals surface area contributed by atoms with Crippen LogP contribution in [0.1, 0.15) is 23.7 Å². The molecule has 1 aromatic carbocycles. The molecular weight excluding hydrogens is 240 g/mol. The van der Waals surface area contributed by atoms with Crippen molar-refractivity contribution in [2.24, 2.45) is 0 Å². The number of halogens is 2. The molecule has 0 atom stereocenters. The third kappa shape index (κ3) is 4.95. The number of carbonyl (C=O) groups is 1. The second kappa shape index (κ2) is 7.42. The molecule has 0 fully saturated rings. The highest BCUT2D eigenvalue weighted by Crippen LogP contribution is 2.15. The maximum absolute atomic E-state index is 12.0. The fourth-order valence-corrected chi connectivity index (χ4v) is 1.35. The summed E-state index contributed by atoms with van der Waals surface area (Å²) in [6.45, 7) is -0.492. The van der Waals surface area contributed by atoms with Gasteiger partial charge in [0.05, 0.1) is 0 Å². The number of hydrogen-bond donors (Lipinski definition) is 1. The minimum Gasteiger partial charge on any atom is -0.435 e. The number of benzene rings is 1. The molecule has 3 nitrogen and oxygen atoms in total. The summed E-state index contributed by atoms with van der Waals surface area (Å²) in [7, 11) is 0. The number of rotatable bonds is 6. The minimum atomic E-state index is -2.89. The Labute approximate surface area is 104 Å². The van der Waals surface area contributed by atoms with Crippen LogP contribution in [0.5, 0.6) is 5.75 Å². The summed E-state index contributed by atoms with van der Waals surface area (Å²) >= 11 is 0. The molecule has 0 saturated carbocycles. The highest BCUT2D eigenvalue weighted by atomic mass is 19.3. The van der Waals surface area contributed by atoms with Crippen molar-refractivity contribution in [1.82, 2.24) is 5.32 Å². The topological polar surface area (TPSA) is 38.3 Å². The van der Waals surface area contributed by atoms with Crippen molar-refractivity contribution in [2.45, 2.75) is 20.0 Å². The Morgan fingerprint density at radius 3 is 2.94 bits per heavy atom. The first-order valence-corrected chi connectivity index (χ1v) is 5.57. The van der Waals surface area contributed by atoms with E-state index < -0.39 is 6.61 Å². The van der Waals surface area contributed by atoms with Crippen molar-refractivity contribution in [1.29, 1.82) is 0 Å². The Balaban J connectivity index is 2.56. The van der Waals surface area contributed by atoms with Gasteiger partial charge in [0.25, 0.3) is 5.91 Å². The first-order chi connectivity index (χ1) is 8.63. The fraction of sp³-hybridized carbons (Fsp3) is 0.308. The molecule has 1 N–H and O–H groups in total. The highest BCUT2D eigenvalue weighted by Gasteiger charge is 2.08.